The van der Waals surface area contributed by atoms with Crippen LogP contribution in [0.4, 0.5) is 13.2 Å². The molecule has 8 nitrogen and oxygen atoms in total. The zero-order valence-electron chi connectivity index (χ0n) is 13.7. The van der Waals surface area contributed by atoms with Crippen molar-refractivity contribution >= 4 is 17.8 Å². The van der Waals surface area contributed by atoms with Crippen LogP contribution < -0.4 is 10.00 Å². The van der Waals surface area contributed by atoms with Crippen LogP contribution in [0.2, 0.25) is 0 Å². The smallest absolute Gasteiger partial charge is 0.481 e. The number of methoxy groups -OCH3 is 1. The number of aliphatic carboxylic acids is 1. The molecule has 1 aromatic rings. The van der Waals surface area contributed by atoms with E-state index in [2.05, 4.69) is 15.2 Å². The maximum absolute atomic E-state index is 11.5. The normalized spacial score (nSPS) is 10.3. The van der Waals surface area contributed by atoms with E-state index in [9.17, 15) is 27.6 Å². The lowest BCUT2D eigenvalue weighted by atomic mass is 10.3. The summed E-state index contributed by atoms with van der Waals surface area (Å²) in [6.45, 7) is 2.91. The van der Waals surface area contributed by atoms with Crippen LogP contribution in [-0.4, -0.2) is 47.9 Å². The molecule has 1 heterocycles. The summed E-state index contributed by atoms with van der Waals surface area (Å²) in [6.07, 6.45) is -0.922. The number of carbonyl (C=O) groups is 3. The van der Waals surface area contributed by atoms with Crippen molar-refractivity contribution in [2.75, 3.05) is 13.7 Å². The van der Waals surface area contributed by atoms with Crippen LogP contribution in [0, 0.1) is 0 Å². The van der Waals surface area contributed by atoms with Gasteiger partial charge in [-0.3, -0.25) is 9.59 Å². The van der Waals surface area contributed by atoms with Gasteiger partial charge in [0, 0.05) is 12.6 Å². The fourth-order valence-corrected chi connectivity index (χ4v) is 1.32. The Morgan fingerprint density at radius 2 is 2.00 bits per heavy atom. The van der Waals surface area contributed by atoms with Gasteiger partial charge < -0.3 is 15.2 Å². The molecule has 0 aliphatic heterocycles. The molecule has 0 aliphatic rings. The summed E-state index contributed by atoms with van der Waals surface area (Å²) in [5.74, 6) is -3.20. The number of aromatic nitrogens is 2. The molecule has 25 heavy (non-hydrogen) atoms. The zero-order valence-corrected chi connectivity index (χ0v) is 13.7. The largest absolute Gasteiger partial charge is 0.490 e. The van der Waals surface area contributed by atoms with Crippen LogP contribution in [0.25, 0.3) is 0 Å². The lowest BCUT2D eigenvalue weighted by Gasteiger charge is -2.01. The number of carboxylic acid groups (broad SMARTS) is 1. The van der Waals surface area contributed by atoms with Gasteiger partial charge in [0.15, 0.2) is 12.7 Å². The monoisotopic (exact) mass is 366 g/mol. The van der Waals surface area contributed by atoms with Gasteiger partial charge in [-0.2, -0.15) is 13.2 Å². The Morgan fingerprint density at radius 3 is 2.36 bits per heavy atom. The summed E-state index contributed by atoms with van der Waals surface area (Å²) in [5, 5.41) is 15.2. The highest BCUT2D eigenvalue weighted by Gasteiger charge is 2.40. The quantitative estimate of drug-likeness (QED) is 0.567. The molecule has 140 valence electrons. The number of rotatable bonds is 6. The highest BCUT2D eigenvalue weighted by atomic mass is 19.4. The number of hydrogen-bond donors (Lipinski definition) is 2. The van der Waals surface area contributed by atoms with E-state index in [1.807, 2.05) is 6.92 Å². The van der Waals surface area contributed by atoms with Crippen molar-refractivity contribution in [3.63, 3.8) is 0 Å². The van der Waals surface area contributed by atoms with Crippen LogP contribution in [-0.2, 0) is 20.9 Å². The predicted octanol–water partition coefficient (Wildman–Crippen LogP) is 0.705. The standard InChI is InChI=1S/C11H15N3O3.C3H3F3O2/c1-2-5-12-11(17)9-3-6-14(13-8-9)7-4-10(15)16;1-8-2(7)3(4,5)6/h3,6,8H,2,4-5,7H2,1H3,(H-,12,15,16,17);1H3/p+1. The molecule has 1 amide bonds. The number of halogens is 3. The average molecular weight is 366 g/mol. The van der Waals surface area contributed by atoms with Crippen molar-refractivity contribution in [3.05, 3.63) is 24.0 Å². The van der Waals surface area contributed by atoms with E-state index < -0.39 is 18.1 Å². The number of ether oxygens (including phenoxy) is 1. The Labute approximate surface area is 141 Å². The van der Waals surface area contributed by atoms with Gasteiger partial charge in [-0.15, -0.1) is 0 Å². The molecule has 1 aromatic heterocycles. The molecule has 0 fully saturated rings. The van der Waals surface area contributed by atoms with Crippen LogP contribution in [0.3, 0.4) is 0 Å². The molecule has 0 aromatic carbocycles. The van der Waals surface area contributed by atoms with Gasteiger partial charge in [-0.1, -0.05) is 11.6 Å². The summed E-state index contributed by atoms with van der Waals surface area (Å²) >= 11 is 0. The highest BCUT2D eigenvalue weighted by Crippen LogP contribution is 2.15. The lowest BCUT2D eigenvalue weighted by molar-refractivity contribution is -0.753. The van der Waals surface area contributed by atoms with Crippen LogP contribution >= 0.6 is 0 Å². The molecule has 1 rings (SSSR count). The van der Waals surface area contributed by atoms with Crippen molar-refractivity contribution in [1.82, 2.24) is 10.4 Å². The molecule has 2 N–H and O–H groups in total. The Morgan fingerprint density at radius 1 is 1.36 bits per heavy atom. The molecule has 0 spiro atoms. The number of amides is 1. The second kappa shape index (κ2) is 10.9. The number of carboxylic acids is 1. The highest BCUT2D eigenvalue weighted by molar-refractivity contribution is 5.93. The molecule has 0 saturated carbocycles. The molecular formula is C14H19F3N3O5+. The van der Waals surface area contributed by atoms with Crippen molar-refractivity contribution in [2.45, 2.75) is 32.5 Å². The van der Waals surface area contributed by atoms with Gasteiger partial charge in [0.25, 0.3) is 5.91 Å². The van der Waals surface area contributed by atoms with Gasteiger partial charge in [-0.25, -0.2) is 4.79 Å². The molecule has 0 unspecified atom stereocenters. The first-order valence-electron chi connectivity index (χ1n) is 7.12. The van der Waals surface area contributed by atoms with Gasteiger partial charge in [0.1, 0.15) is 12.6 Å². The summed E-state index contributed by atoms with van der Waals surface area (Å²) in [7, 11) is 0.676. The fraction of sp³-hybridized carbons (Fsp3) is 0.500. The summed E-state index contributed by atoms with van der Waals surface area (Å²) in [4.78, 5) is 31.4. The first-order valence-corrected chi connectivity index (χ1v) is 7.12. The number of alkyl halides is 3. The average Bonchev–Trinajstić information content (AvgIpc) is 2.57. The van der Waals surface area contributed by atoms with Gasteiger partial charge in [0.05, 0.1) is 12.7 Å². The van der Waals surface area contributed by atoms with E-state index >= 15 is 0 Å². The molecule has 0 aliphatic carbocycles. The zero-order chi connectivity index (χ0) is 19.5. The van der Waals surface area contributed by atoms with Crippen molar-refractivity contribution < 1.29 is 42.1 Å². The van der Waals surface area contributed by atoms with E-state index in [4.69, 9.17) is 5.11 Å². The number of esters is 1. The minimum Gasteiger partial charge on any atom is -0.481 e. The fourth-order valence-electron chi connectivity index (χ4n) is 1.32. The van der Waals surface area contributed by atoms with Gasteiger partial charge in [0.2, 0.25) is 0 Å². The number of nitrogens with one attached hydrogen (secondary N) is 1. The van der Waals surface area contributed by atoms with Crippen molar-refractivity contribution in [1.29, 1.82) is 0 Å². The van der Waals surface area contributed by atoms with Gasteiger partial charge >= 0.3 is 18.1 Å². The van der Waals surface area contributed by atoms with E-state index in [0.717, 1.165) is 6.42 Å². The van der Waals surface area contributed by atoms with E-state index in [1.54, 1.807) is 12.3 Å². The van der Waals surface area contributed by atoms with Crippen LogP contribution in [0.5, 0.6) is 0 Å². The Bertz CT molecular complexity index is 576. The van der Waals surface area contributed by atoms with E-state index in [-0.39, 0.29) is 12.3 Å². The van der Waals surface area contributed by atoms with E-state index in [1.165, 1.54) is 10.9 Å². The first-order chi connectivity index (χ1) is 11.6. The SMILES string of the molecule is CCCNC(=O)c1cc[n+](CCC(=O)O)nc1.COC(=O)C(F)(F)F. The first kappa shape index (κ1) is 22.3. The Hall–Kier alpha value is -2.72. The third-order valence-electron chi connectivity index (χ3n) is 2.54. The minimum atomic E-state index is -4.85. The number of hydrogen-bond acceptors (Lipinski definition) is 5. The lowest BCUT2D eigenvalue weighted by Crippen LogP contribution is -2.39. The number of carbonyl (C=O) groups excluding carboxylic acids is 2. The second-order valence-corrected chi connectivity index (χ2v) is 4.57. The maximum atomic E-state index is 11.5. The van der Waals surface area contributed by atoms with Crippen LogP contribution in [0.1, 0.15) is 30.1 Å². The summed E-state index contributed by atoms with van der Waals surface area (Å²) in [5.41, 5.74) is 0.477. The molecule has 11 heteroatoms. The molecule has 0 saturated heterocycles. The minimum absolute atomic E-state index is 0.0129. The predicted molar refractivity (Wildman–Crippen MR) is 77.4 cm³/mol. The summed E-state index contributed by atoms with van der Waals surface area (Å²) < 4.78 is 37.8. The second-order valence-electron chi connectivity index (χ2n) is 4.57. The molecule has 0 bridgehead atoms. The van der Waals surface area contributed by atoms with Crippen molar-refractivity contribution in [3.8, 4) is 0 Å². The Kier molecular flexibility index (Phi) is 9.75. The molecular weight excluding hydrogens is 347 g/mol. The molecule has 0 atom stereocenters. The van der Waals surface area contributed by atoms with E-state index in [0.29, 0.717) is 25.8 Å². The topological polar surface area (TPSA) is 109 Å². The Balaban J connectivity index is 0.000000609. The van der Waals surface area contributed by atoms with Crippen molar-refractivity contribution in [2.24, 2.45) is 0 Å². The van der Waals surface area contributed by atoms with Crippen LogP contribution in [0.15, 0.2) is 18.5 Å². The third-order valence-corrected chi connectivity index (χ3v) is 2.54. The maximum Gasteiger partial charge on any atom is 0.490 e. The van der Waals surface area contributed by atoms with Gasteiger partial charge in [-0.05, 0) is 11.5 Å². The number of aryl methyl sites for hydroxylation is 1. The number of nitrogens with zero attached hydrogens (tertiary/aromatic N) is 2. The molecule has 0 radical (unpaired) electrons. The summed E-state index contributed by atoms with van der Waals surface area (Å²) in [6, 6.07) is 1.62. The third kappa shape index (κ3) is 9.89.